The maximum atomic E-state index is 12.4. The predicted molar refractivity (Wildman–Crippen MR) is 145 cm³/mol. The molecule has 2 unspecified atom stereocenters. The van der Waals surface area contributed by atoms with Gasteiger partial charge in [-0.3, -0.25) is 9.10 Å². The van der Waals surface area contributed by atoms with Crippen LogP contribution in [0.25, 0.3) is 11.5 Å². The zero-order chi connectivity index (χ0) is 27.8. The molecule has 1 saturated carbocycles. The number of rotatable bonds is 11. The van der Waals surface area contributed by atoms with Gasteiger partial charge in [-0.25, -0.2) is 13.4 Å². The normalized spacial score (nSPS) is 18.6. The number of pyridine rings is 1. The minimum atomic E-state index is -3.75. The Morgan fingerprint density at radius 3 is 2.53 bits per heavy atom. The number of carbonyl (C=O) groups is 1. The van der Waals surface area contributed by atoms with Gasteiger partial charge in [0.15, 0.2) is 5.82 Å². The second kappa shape index (κ2) is 10.5. The van der Waals surface area contributed by atoms with E-state index >= 15 is 0 Å². The standard InChI is InChI=1S/C25H31ClN6O5S/c1-15-10-17(15)13-32(14-20(33)34)19-11-18(21(26)22(28-19)31(3)38(4,35)36)23-29-30-24(37-23)25(2,27)12-16-8-6-5-7-9-16/h5-9,11,15,17H,10,12-14,27H2,1-4H3,(H,33,34)/t15?,17?,25-/m1/s1. The van der Waals surface area contributed by atoms with E-state index < -0.39 is 21.5 Å². The van der Waals surface area contributed by atoms with Gasteiger partial charge in [-0.05, 0) is 43.2 Å². The molecule has 3 aromatic rings. The molecule has 1 aliphatic carbocycles. The van der Waals surface area contributed by atoms with E-state index in [0.717, 1.165) is 22.5 Å². The fourth-order valence-corrected chi connectivity index (χ4v) is 4.98. The van der Waals surface area contributed by atoms with Crippen molar-refractivity contribution in [3.8, 4) is 11.5 Å². The van der Waals surface area contributed by atoms with Gasteiger partial charge in [0.2, 0.25) is 21.8 Å². The third-order valence-electron chi connectivity index (χ3n) is 6.66. The van der Waals surface area contributed by atoms with Crippen LogP contribution in [0.4, 0.5) is 11.6 Å². The van der Waals surface area contributed by atoms with Crippen LogP contribution in [0.15, 0.2) is 40.8 Å². The summed E-state index contributed by atoms with van der Waals surface area (Å²) in [6.07, 6.45) is 2.42. The Hall–Kier alpha value is -3.22. The third kappa shape index (κ3) is 6.25. The van der Waals surface area contributed by atoms with E-state index in [1.54, 1.807) is 17.9 Å². The number of aromatic nitrogens is 3. The molecule has 11 nitrogen and oxygen atoms in total. The molecule has 204 valence electrons. The number of hydrogen-bond acceptors (Lipinski definition) is 9. The van der Waals surface area contributed by atoms with Crippen molar-refractivity contribution in [1.29, 1.82) is 0 Å². The first-order valence-corrected chi connectivity index (χ1v) is 14.3. The lowest BCUT2D eigenvalue weighted by molar-refractivity contribution is -0.135. The first-order chi connectivity index (χ1) is 17.8. The van der Waals surface area contributed by atoms with E-state index in [1.165, 1.54) is 7.05 Å². The number of hydrogen-bond donors (Lipinski definition) is 2. The molecule has 3 atom stereocenters. The molecule has 3 N–H and O–H groups in total. The molecule has 0 aliphatic heterocycles. The van der Waals surface area contributed by atoms with Crippen molar-refractivity contribution in [2.75, 3.05) is 35.6 Å². The summed E-state index contributed by atoms with van der Waals surface area (Å²) in [5, 5.41) is 17.8. The highest BCUT2D eigenvalue weighted by Gasteiger charge is 2.36. The van der Waals surface area contributed by atoms with Crippen LogP contribution in [-0.4, -0.2) is 61.1 Å². The van der Waals surface area contributed by atoms with E-state index in [0.29, 0.717) is 24.8 Å². The highest BCUT2D eigenvalue weighted by molar-refractivity contribution is 7.92. The largest absolute Gasteiger partial charge is 0.480 e. The van der Waals surface area contributed by atoms with Gasteiger partial charge in [0.25, 0.3) is 0 Å². The van der Waals surface area contributed by atoms with Gasteiger partial charge in [-0.2, -0.15) is 0 Å². The van der Waals surface area contributed by atoms with Crippen LogP contribution in [0, 0.1) is 11.8 Å². The molecule has 1 aromatic carbocycles. The molecule has 4 rings (SSSR count). The fourth-order valence-electron chi connectivity index (χ4n) is 4.18. The molecule has 0 spiro atoms. The highest BCUT2D eigenvalue weighted by Crippen LogP contribution is 2.41. The van der Waals surface area contributed by atoms with E-state index in [1.807, 2.05) is 30.3 Å². The SMILES string of the molecule is CC1CC1CN(CC(=O)O)c1cc(-c2nnc([C@](C)(N)Cc3ccccc3)o2)c(Cl)c(N(C)S(C)(=O)=O)n1. The Labute approximate surface area is 226 Å². The third-order valence-corrected chi connectivity index (χ3v) is 8.20. The molecule has 2 aromatic heterocycles. The Morgan fingerprint density at radius 2 is 1.95 bits per heavy atom. The molecule has 1 fully saturated rings. The lowest BCUT2D eigenvalue weighted by Crippen LogP contribution is -2.35. The number of halogens is 1. The molecule has 0 amide bonds. The van der Waals surface area contributed by atoms with Crippen molar-refractivity contribution >= 4 is 39.2 Å². The van der Waals surface area contributed by atoms with E-state index in [-0.39, 0.29) is 40.5 Å². The van der Waals surface area contributed by atoms with Crippen LogP contribution < -0.4 is 14.9 Å². The lowest BCUT2D eigenvalue weighted by Gasteiger charge is -2.25. The van der Waals surface area contributed by atoms with Crippen molar-refractivity contribution in [1.82, 2.24) is 15.2 Å². The van der Waals surface area contributed by atoms with Gasteiger partial charge in [-0.1, -0.05) is 48.9 Å². The topological polar surface area (TPSA) is 156 Å². The average molecular weight is 563 g/mol. The number of carboxylic acid groups (broad SMARTS) is 1. The van der Waals surface area contributed by atoms with E-state index in [2.05, 4.69) is 22.1 Å². The van der Waals surface area contributed by atoms with Gasteiger partial charge >= 0.3 is 5.97 Å². The number of sulfonamides is 1. The molecule has 0 radical (unpaired) electrons. The summed E-state index contributed by atoms with van der Waals surface area (Å²) in [6, 6.07) is 11.2. The first-order valence-electron chi connectivity index (χ1n) is 12.0. The number of aliphatic carboxylic acids is 1. The number of carboxylic acids is 1. The zero-order valence-corrected chi connectivity index (χ0v) is 23.2. The van der Waals surface area contributed by atoms with Gasteiger partial charge < -0.3 is 20.2 Å². The van der Waals surface area contributed by atoms with Crippen LogP contribution in [0.2, 0.25) is 5.02 Å². The Balaban J connectivity index is 1.78. The van der Waals surface area contributed by atoms with Crippen molar-refractivity contribution in [3.05, 3.63) is 52.9 Å². The van der Waals surface area contributed by atoms with Crippen LogP contribution >= 0.6 is 11.6 Å². The second-order valence-corrected chi connectivity index (χ2v) is 12.5. The van der Waals surface area contributed by atoms with Gasteiger partial charge in [0, 0.05) is 13.6 Å². The molecular weight excluding hydrogens is 532 g/mol. The number of benzene rings is 1. The smallest absolute Gasteiger partial charge is 0.323 e. The monoisotopic (exact) mass is 562 g/mol. The number of nitrogens with zero attached hydrogens (tertiary/aromatic N) is 5. The van der Waals surface area contributed by atoms with E-state index in [4.69, 9.17) is 21.8 Å². The maximum Gasteiger partial charge on any atom is 0.323 e. The summed E-state index contributed by atoms with van der Waals surface area (Å²) < 4.78 is 31.7. The quantitative estimate of drug-likeness (QED) is 0.356. The minimum absolute atomic E-state index is 0.0107. The van der Waals surface area contributed by atoms with Crippen LogP contribution in [-0.2, 0) is 26.8 Å². The second-order valence-electron chi connectivity index (χ2n) is 10.1. The average Bonchev–Trinajstić information content (AvgIpc) is 3.29. The summed E-state index contributed by atoms with van der Waals surface area (Å²) in [4.78, 5) is 17.7. The summed E-state index contributed by atoms with van der Waals surface area (Å²) in [7, 11) is -2.43. The number of anilines is 2. The molecule has 2 heterocycles. The van der Waals surface area contributed by atoms with Gasteiger partial charge in [0.1, 0.15) is 12.4 Å². The van der Waals surface area contributed by atoms with E-state index in [9.17, 15) is 18.3 Å². The molecule has 1 aliphatic rings. The van der Waals surface area contributed by atoms with Crippen molar-refractivity contribution in [2.45, 2.75) is 32.2 Å². The van der Waals surface area contributed by atoms with Gasteiger partial charge in [-0.15, -0.1) is 10.2 Å². The predicted octanol–water partition coefficient (Wildman–Crippen LogP) is 3.14. The highest BCUT2D eigenvalue weighted by atomic mass is 35.5. The minimum Gasteiger partial charge on any atom is -0.480 e. The molecule has 38 heavy (non-hydrogen) atoms. The fraction of sp³-hybridized carbons (Fsp3) is 0.440. The lowest BCUT2D eigenvalue weighted by atomic mass is 9.94. The van der Waals surface area contributed by atoms with Crippen molar-refractivity contribution in [3.63, 3.8) is 0 Å². The first kappa shape index (κ1) is 27.8. The van der Waals surface area contributed by atoms with Crippen LogP contribution in [0.3, 0.4) is 0 Å². The maximum absolute atomic E-state index is 12.4. The summed E-state index contributed by atoms with van der Waals surface area (Å²) in [6.45, 7) is 3.97. The Morgan fingerprint density at radius 1 is 1.29 bits per heavy atom. The summed E-state index contributed by atoms with van der Waals surface area (Å²) in [5.41, 5.74) is 6.74. The van der Waals surface area contributed by atoms with Crippen molar-refractivity contribution < 1.29 is 22.7 Å². The molecule has 0 saturated heterocycles. The zero-order valence-electron chi connectivity index (χ0n) is 21.6. The van der Waals surface area contributed by atoms with Gasteiger partial charge in [0.05, 0.1) is 22.4 Å². The summed E-state index contributed by atoms with van der Waals surface area (Å²) in [5.74, 6) is 0.0411. The van der Waals surface area contributed by atoms with Crippen molar-refractivity contribution in [2.24, 2.45) is 17.6 Å². The molecule has 0 bridgehead atoms. The van der Waals surface area contributed by atoms with Crippen LogP contribution in [0.1, 0.15) is 31.7 Å². The van der Waals surface area contributed by atoms with Crippen LogP contribution in [0.5, 0.6) is 0 Å². The molecule has 13 heteroatoms. The Kier molecular flexibility index (Phi) is 7.69. The number of nitrogens with two attached hydrogens (primary N) is 1. The molecular formula is C25H31ClN6O5S. The summed E-state index contributed by atoms with van der Waals surface area (Å²) >= 11 is 6.66. The Bertz CT molecular complexity index is 1430.